The molecule has 6 nitrogen and oxygen atoms in total. The maximum atomic E-state index is 11.6. The monoisotopic (exact) mass is 265 g/mol. The molecule has 1 aromatic rings. The number of aromatic nitrogens is 1. The minimum atomic E-state index is -0.616. The van der Waals surface area contributed by atoms with Crippen molar-refractivity contribution < 1.29 is 14.6 Å². The summed E-state index contributed by atoms with van der Waals surface area (Å²) in [5, 5.41) is 9.92. The summed E-state index contributed by atoms with van der Waals surface area (Å²) in [6.45, 7) is 3.23. The van der Waals surface area contributed by atoms with Gasteiger partial charge in [0.25, 0.3) is 0 Å². The summed E-state index contributed by atoms with van der Waals surface area (Å²) in [4.78, 5) is 17.9. The van der Waals surface area contributed by atoms with Gasteiger partial charge in [-0.15, -0.1) is 0 Å². The summed E-state index contributed by atoms with van der Waals surface area (Å²) in [5.41, 5.74) is 5.73. The van der Waals surface area contributed by atoms with Gasteiger partial charge in [-0.2, -0.15) is 0 Å². The number of nitrogen functional groups attached to an aromatic ring is 1. The van der Waals surface area contributed by atoms with Crippen molar-refractivity contribution >= 4 is 17.5 Å². The van der Waals surface area contributed by atoms with Gasteiger partial charge in [0, 0.05) is 13.1 Å². The minimum Gasteiger partial charge on any atom is -0.465 e. The number of nitrogens with two attached hydrogens (primary N) is 1. The highest BCUT2D eigenvalue weighted by molar-refractivity contribution is 5.95. The molecule has 3 N–H and O–H groups in total. The Kier molecular flexibility index (Phi) is 3.61. The van der Waals surface area contributed by atoms with Crippen LogP contribution in [0.2, 0.25) is 0 Å². The van der Waals surface area contributed by atoms with E-state index in [1.165, 1.54) is 13.3 Å². The fourth-order valence-corrected chi connectivity index (χ4v) is 2.13. The Morgan fingerprint density at radius 3 is 2.74 bits per heavy atom. The van der Waals surface area contributed by atoms with Crippen molar-refractivity contribution in [3.8, 4) is 0 Å². The minimum absolute atomic E-state index is 0.305. The Morgan fingerprint density at radius 2 is 2.16 bits per heavy atom. The van der Waals surface area contributed by atoms with E-state index < -0.39 is 11.6 Å². The molecule has 2 rings (SSSR count). The third kappa shape index (κ3) is 2.96. The van der Waals surface area contributed by atoms with Crippen LogP contribution in [-0.2, 0) is 4.74 Å². The third-order valence-corrected chi connectivity index (χ3v) is 3.49. The first-order chi connectivity index (χ1) is 8.93. The second-order valence-electron chi connectivity index (χ2n) is 5.11. The Balaban J connectivity index is 2.20. The average molecular weight is 265 g/mol. The first-order valence-corrected chi connectivity index (χ1v) is 6.24. The van der Waals surface area contributed by atoms with Gasteiger partial charge in [0.2, 0.25) is 0 Å². The number of piperidine rings is 1. The van der Waals surface area contributed by atoms with Gasteiger partial charge >= 0.3 is 5.97 Å². The fourth-order valence-electron chi connectivity index (χ4n) is 2.13. The number of nitrogens with zero attached hydrogens (tertiary/aromatic N) is 2. The van der Waals surface area contributed by atoms with E-state index in [2.05, 4.69) is 9.72 Å². The third-order valence-electron chi connectivity index (χ3n) is 3.49. The van der Waals surface area contributed by atoms with Crippen molar-refractivity contribution in [2.45, 2.75) is 25.4 Å². The van der Waals surface area contributed by atoms with E-state index in [-0.39, 0.29) is 0 Å². The number of rotatable bonds is 2. The lowest BCUT2D eigenvalue weighted by molar-refractivity contribution is 0.0349. The number of pyridine rings is 1. The van der Waals surface area contributed by atoms with Gasteiger partial charge in [-0.3, -0.25) is 0 Å². The Hall–Kier alpha value is -1.82. The van der Waals surface area contributed by atoms with Crippen LogP contribution in [0.5, 0.6) is 0 Å². The number of carbonyl (C=O) groups is 1. The predicted octanol–water partition coefficient (Wildman–Crippen LogP) is 0.802. The van der Waals surface area contributed by atoms with Gasteiger partial charge in [0.05, 0.1) is 30.2 Å². The van der Waals surface area contributed by atoms with Crippen LogP contribution in [0.4, 0.5) is 11.5 Å². The molecule has 0 aromatic carbocycles. The van der Waals surface area contributed by atoms with E-state index in [1.807, 2.05) is 11.8 Å². The zero-order valence-electron chi connectivity index (χ0n) is 11.2. The van der Waals surface area contributed by atoms with Gasteiger partial charge < -0.3 is 20.5 Å². The lowest BCUT2D eigenvalue weighted by Crippen LogP contribution is -2.42. The van der Waals surface area contributed by atoms with Crippen molar-refractivity contribution in [1.82, 2.24) is 4.98 Å². The molecule has 2 heterocycles. The maximum absolute atomic E-state index is 11.6. The summed E-state index contributed by atoms with van der Waals surface area (Å²) >= 11 is 0. The number of methoxy groups -OCH3 is 1. The molecule has 0 amide bonds. The molecule has 0 aliphatic carbocycles. The molecule has 0 radical (unpaired) electrons. The van der Waals surface area contributed by atoms with E-state index in [4.69, 9.17) is 5.73 Å². The molecule has 1 aromatic heterocycles. The molecular weight excluding hydrogens is 246 g/mol. The predicted molar refractivity (Wildman–Crippen MR) is 72.1 cm³/mol. The molecule has 0 spiro atoms. The maximum Gasteiger partial charge on any atom is 0.340 e. The smallest absolute Gasteiger partial charge is 0.340 e. The highest BCUT2D eigenvalue weighted by atomic mass is 16.5. The van der Waals surface area contributed by atoms with Gasteiger partial charge in [-0.05, 0) is 25.8 Å². The largest absolute Gasteiger partial charge is 0.465 e. The molecule has 0 bridgehead atoms. The number of carbonyl (C=O) groups excluding carboxylic acids is 1. The summed E-state index contributed by atoms with van der Waals surface area (Å²) in [6.07, 6.45) is 2.81. The Labute approximate surface area is 112 Å². The SMILES string of the molecule is COC(=O)c1cc(N2CCC(C)(O)CC2)ncc1N. The standard InChI is InChI=1S/C13H19N3O3/c1-13(18)3-5-16(6-4-13)11-7-9(12(17)19-2)10(14)8-15-11/h7-8,18H,3-6,14H2,1-2H3. The molecule has 0 atom stereocenters. The van der Waals surface area contributed by atoms with Crippen LogP contribution in [0.1, 0.15) is 30.1 Å². The van der Waals surface area contributed by atoms with Crippen LogP contribution in [0.3, 0.4) is 0 Å². The highest BCUT2D eigenvalue weighted by Gasteiger charge is 2.28. The molecule has 104 valence electrons. The van der Waals surface area contributed by atoms with Crippen molar-refractivity contribution in [2.75, 3.05) is 30.8 Å². The summed E-state index contributed by atoms with van der Waals surface area (Å²) in [5.74, 6) is 0.218. The number of hydrogen-bond acceptors (Lipinski definition) is 6. The van der Waals surface area contributed by atoms with Gasteiger partial charge in [-0.1, -0.05) is 0 Å². The second kappa shape index (κ2) is 5.05. The Morgan fingerprint density at radius 1 is 1.53 bits per heavy atom. The highest BCUT2D eigenvalue weighted by Crippen LogP contribution is 2.26. The van der Waals surface area contributed by atoms with E-state index in [0.29, 0.717) is 43.0 Å². The number of anilines is 2. The number of ether oxygens (including phenoxy) is 1. The van der Waals surface area contributed by atoms with Gasteiger partial charge in [0.1, 0.15) is 5.82 Å². The topological polar surface area (TPSA) is 88.7 Å². The van der Waals surface area contributed by atoms with Crippen LogP contribution in [-0.4, -0.2) is 41.9 Å². The molecular formula is C13H19N3O3. The van der Waals surface area contributed by atoms with Crippen molar-refractivity contribution in [2.24, 2.45) is 0 Å². The van der Waals surface area contributed by atoms with E-state index in [0.717, 1.165) is 0 Å². The first-order valence-electron chi connectivity index (χ1n) is 6.24. The van der Waals surface area contributed by atoms with Crippen LogP contribution >= 0.6 is 0 Å². The van der Waals surface area contributed by atoms with Crippen molar-refractivity contribution in [1.29, 1.82) is 0 Å². The first kappa shape index (κ1) is 13.6. The number of aliphatic hydroxyl groups is 1. The zero-order chi connectivity index (χ0) is 14.0. The summed E-state index contributed by atoms with van der Waals surface area (Å²) < 4.78 is 4.69. The quantitative estimate of drug-likeness (QED) is 0.769. The number of hydrogen-bond donors (Lipinski definition) is 2. The molecule has 1 aliphatic rings. The van der Waals surface area contributed by atoms with Crippen LogP contribution in [0.25, 0.3) is 0 Å². The van der Waals surface area contributed by atoms with E-state index >= 15 is 0 Å². The molecule has 1 aliphatic heterocycles. The van der Waals surface area contributed by atoms with E-state index in [9.17, 15) is 9.90 Å². The van der Waals surface area contributed by atoms with E-state index in [1.54, 1.807) is 6.07 Å². The summed E-state index contributed by atoms with van der Waals surface area (Å²) in [6, 6.07) is 1.64. The van der Waals surface area contributed by atoms with Crippen LogP contribution < -0.4 is 10.6 Å². The fraction of sp³-hybridized carbons (Fsp3) is 0.538. The molecule has 0 unspecified atom stereocenters. The molecule has 1 fully saturated rings. The lowest BCUT2D eigenvalue weighted by atomic mass is 9.94. The van der Waals surface area contributed by atoms with Crippen LogP contribution in [0.15, 0.2) is 12.3 Å². The van der Waals surface area contributed by atoms with Gasteiger partial charge in [-0.25, -0.2) is 9.78 Å². The van der Waals surface area contributed by atoms with Gasteiger partial charge in [0.15, 0.2) is 0 Å². The molecule has 0 saturated carbocycles. The average Bonchev–Trinajstić information content (AvgIpc) is 2.39. The van der Waals surface area contributed by atoms with Crippen LogP contribution in [0, 0.1) is 0 Å². The summed E-state index contributed by atoms with van der Waals surface area (Å²) in [7, 11) is 1.32. The second-order valence-corrected chi connectivity index (χ2v) is 5.11. The molecule has 1 saturated heterocycles. The number of esters is 1. The van der Waals surface area contributed by atoms with Crippen molar-refractivity contribution in [3.05, 3.63) is 17.8 Å². The molecule has 19 heavy (non-hydrogen) atoms. The zero-order valence-corrected chi connectivity index (χ0v) is 11.2. The lowest BCUT2D eigenvalue weighted by Gasteiger charge is -2.36. The molecule has 6 heteroatoms. The van der Waals surface area contributed by atoms with Crippen molar-refractivity contribution in [3.63, 3.8) is 0 Å². The Bertz CT molecular complexity index is 478. The normalized spacial score (nSPS) is 18.2.